The Balaban J connectivity index is 2.76. The maximum absolute atomic E-state index is 12.1. The van der Waals surface area contributed by atoms with Crippen LogP contribution in [-0.4, -0.2) is 28.1 Å². The number of nitrogens with two attached hydrogens (primary N) is 1. The lowest BCUT2D eigenvalue weighted by Crippen LogP contribution is -2.37. The van der Waals surface area contributed by atoms with Crippen LogP contribution in [0.2, 0.25) is 5.02 Å². The van der Waals surface area contributed by atoms with Crippen LogP contribution in [0.25, 0.3) is 0 Å². The summed E-state index contributed by atoms with van der Waals surface area (Å²) in [5, 5.41) is 0.252. The monoisotopic (exact) mass is 320 g/mol. The summed E-state index contributed by atoms with van der Waals surface area (Å²) in [6, 6.07) is 4.11. The Bertz CT molecular complexity index is 547. The number of ether oxygens (including phenoxy) is 1. The molecule has 1 atom stereocenters. The van der Waals surface area contributed by atoms with Crippen LogP contribution in [-0.2, 0) is 10.0 Å². The molecule has 0 bridgehead atoms. The number of rotatable bonds is 7. The lowest BCUT2D eigenvalue weighted by Gasteiger charge is -2.15. The molecule has 20 heavy (non-hydrogen) atoms. The Kier molecular flexibility index (Phi) is 6.26. The van der Waals surface area contributed by atoms with E-state index in [-0.39, 0.29) is 22.5 Å². The van der Waals surface area contributed by atoms with Crippen molar-refractivity contribution in [2.24, 2.45) is 11.7 Å². The van der Waals surface area contributed by atoms with Crippen molar-refractivity contribution in [3.63, 3.8) is 0 Å². The third-order valence-corrected chi connectivity index (χ3v) is 4.46. The molecule has 0 aliphatic heterocycles. The average Bonchev–Trinajstić information content (AvgIpc) is 2.35. The van der Waals surface area contributed by atoms with E-state index >= 15 is 0 Å². The van der Waals surface area contributed by atoms with Gasteiger partial charge in [-0.25, -0.2) is 13.1 Å². The maximum Gasteiger partial charge on any atom is 0.240 e. The van der Waals surface area contributed by atoms with Gasteiger partial charge < -0.3 is 10.5 Å². The van der Waals surface area contributed by atoms with E-state index in [4.69, 9.17) is 22.1 Å². The van der Waals surface area contributed by atoms with Crippen molar-refractivity contribution >= 4 is 21.6 Å². The van der Waals surface area contributed by atoms with Crippen LogP contribution in [0.4, 0.5) is 0 Å². The summed E-state index contributed by atoms with van der Waals surface area (Å²) in [4.78, 5) is 0.0973. The largest absolute Gasteiger partial charge is 0.495 e. The van der Waals surface area contributed by atoms with E-state index < -0.39 is 10.0 Å². The minimum absolute atomic E-state index is 0.0973. The smallest absolute Gasteiger partial charge is 0.240 e. The molecule has 1 unspecified atom stereocenters. The molecule has 1 aromatic carbocycles. The molecule has 0 fully saturated rings. The van der Waals surface area contributed by atoms with E-state index in [9.17, 15) is 8.42 Å². The minimum Gasteiger partial charge on any atom is -0.495 e. The molecule has 0 aliphatic rings. The van der Waals surface area contributed by atoms with Gasteiger partial charge in [-0.15, -0.1) is 0 Å². The Labute approximate surface area is 125 Å². The van der Waals surface area contributed by atoms with Gasteiger partial charge in [-0.05, 0) is 30.5 Å². The van der Waals surface area contributed by atoms with Gasteiger partial charge in [-0.2, -0.15) is 0 Å². The summed E-state index contributed by atoms with van der Waals surface area (Å²) in [6.07, 6.45) is 0.756. The second-order valence-electron chi connectivity index (χ2n) is 5.04. The zero-order valence-corrected chi connectivity index (χ0v) is 13.5. The first kappa shape index (κ1) is 17.2. The van der Waals surface area contributed by atoms with Gasteiger partial charge in [0.05, 0.1) is 17.0 Å². The van der Waals surface area contributed by atoms with Crippen LogP contribution < -0.4 is 15.2 Å². The number of hydrogen-bond donors (Lipinski definition) is 2. The first-order valence-corrected chi connectivity index (χ1v) is 8.21. The van der Waals surface area contributed by atoms with Crippen molar-refractivity contribution in [1.29, 1.82) is 0 Å². The molecule has 114 valence electrons. The molecule has 0 saturated heterocycles. The maximum atomic E-state index is 12.1. The highest BCUT2D eigenvalue weighted by atomic mass is 35.5. The van der Waals surface area contributed by atoms with Crippen LogP contribution in [0.5, 0.6) is 5.75 Å². The molecule has 0 amide bonds. The fourth-order valence-electron chi connectivity index (χ4n) is 1.80. The second kappa shape index (κ2) is 7.26. The molecule has 0 aromatic heterocycles. The highest BCUT2D eigenvalue weighted by molar-refractivity contribution is 7.89. The van der Waals surface area contributed by atoms with E-state index in [1.807, 2.05) is 13.8 Å². The third kappa shape index (κ3) is 4.94. The molecule has 3 N–H and O–H groups in total. The average molecular weight is 321 g/mol. The fraction of sp³-hybridized carbons (Fsp3) is 0.538. The number of nitrogens with one attached hydrogen (secondary N) is 1. The molecule has 0 saturated carbocycles. The first-order valence-electron chi connectivity index (χ1n) is 6.35. The molecular formula is C13H21ClN2O3S. The predicted molar refractivity (Wildman–Crippen MR) is 80.6 cm³/mol. The van der Waals surface area contributed by atoms with Gasteiger partial charge in [-0.1, -0.05) is 25.4 Å². The lowest BCUT2D eigenvalue weighted by molar-refractivity contribution is 0.414. The summed E-state index contributed by atoms with van der Waals surface area (Å²) in [5.74, 6) is 0.854. The normalized spacial score (nSPS) is 13.5. The van der Waals surface area contributed by atoms with Gasteiger partial charge in [0.15, 0.2) is 0 Å². The van der Waals surface area contributed by atoms with Gasteiger partial charge in [0.25, 0.3) is 0 Å². The van der Waals surface area contributed by atoms with E-state index in [0.29, 0.717) is 11.7 Å². The van der Waals surface area contributed by atoms with Crippen LogP contribution >= 0.6 is 11.6 Å². The number of hydrogen-bond acceptors (Lipinski definition) is 4. The van der Waals surface area contributed by atoms with Gasteiger partial charge >= 0.3 is 0 Å². The molecule has 0 aliphatic carbocycles. The topological polar surface area (TPSA) is 81.4 Å². The predicted octanol–water partition coefficient (Wildman–Crippen LogP) is 2.00. The first-order chi connectivity index (χ1) is 9.26. The SMILES string of the molecule is COc1ccc(S(=O)(=O)NCC(N)CC(C)C)cc1Cl. The molecule has 0 spiro atoms. The minimum atomic E-state index is -3.61. The van der Waals surface area contributed by atoms with Gasteiger partial charge in [0.1, 0.15) is 5.75 Å². The fourth-order valence-corrected chi connectivity index (χ4v) is 3.25. The van der Waals surface area contributed by atoms with E-state index in [1.54, 1.807) is 0 Å². The van der Waals surface area contributed by atoms with Crippen LogP contribution in [0.1, 0.15) is 20.3 Å². The second-order valence-corrected chi connectivity index (χ2v) is 7.21. The summed E-state index contributed by atoms with van der Waals surface area (Å²) in [5.41, 5.74) is 5.86. The molecule has 0 radical (unpaired) electrons. The van der Waals surface area contributed by atoms with Crippen LogP contribution in [0, 0.1) is 5.92 Å². The van der Waals surface area contributed by atoms with Crippen LogP contribution in [0.15, 0.2) is 23.1 Å². The quantitative estimate of drug-likeness (QED) is 0.805. The number of benzene rings is 1. The highest BCUT2D eigenvalue weighted by Crippen LogP contribution is 2.26. The Morgan fingerprint density at radius 3 is 2.55 bits per heavy atom. The van der Waals surface area contributed by atoms with Crippen molar-refractivity contribution in [3.05, 3.63) is 23.2 Å². The summed E-state index contributed by atoms with van der Waals surface area (Å²) >= 11 is 5.93. The third-order valence-electron chi connectivity index (χ3n) is 2.74. The van der Waals surface area contributed by atoms with Crippen LogP contribution in [0.3, 0.4) is 0 Å². The van der Waals surface area contributed by atoms with Gasteiger partial charge in [-0.3, -0.25) is 0 Å². The van der Waals surface area contributed by atoms with Crippen molar-refractivity contribution in [1.82, 2.24) is 4.72 Å². The molecule has 1 rings (SSSR count). The summed E-state index contributed by atoms with van der Waals surface area (Å²) < 4.78 is 31.7. The van der Waals surface area contributed by atoms with E-state index in [2.05, 4.69) is 4.72 Å². The highest BCUT2D eigenvalue weighted by Gasteiger charge is 2.17. The van der Waals surface area contributed by atoms with Crippen molar-refractivity contribution < 1.29 is 13.2 Å². The zero-order valence-electron chi connectivity index (χ0n) is 11.9. The lowest BCUT2D eigenvalue weighted by atomic mass is 10.1. The van der Waals surface area contributed by atoms with Gasteiger partial charge in [0.2, 0.25) is 10.0 Å². The van der Waals surface area contributed by atoms with Crippen molar-refractivity contribution in [2.75, 3.05) is 13.7 Å². The Morgan fingerprint density at radius 2 is 2.05 bits per heavy atom. The van der Waals surface area contributed by atoms with E-state index in [1.165, 1.54) is 25.3 Å². The standard InChI is InChI=1S/C13H21ClN2O3S/c1-9(2)6-10(15)8-16-20(17,18)11-4-5-13(19-3)12(14)7-11/h4-5,7,9-10,16H,6,8,15H2,1-3H3. The zero-order chi connectivity index (χ0) is 15.3. The molecule has 7 heteroatoms. The van der Waals surface area contributed by atoms with Gasteiger partial charge in [0, 0.05) is 12.6 Å². The number of halogens is 1. The summed E-state index contributed by atoms with van der Waals surface area (Å²) in [6.45, 7) is 4.28. The van der Waals surface area contributed by atoms with E-state index in [0.717, 1.165) is 6.42 Å². The molecule has 5 nitrogen and oxygen atoms in total. The number of methoxy groups -OCH3 is 1. The molecule has 0 heterocycles. The van der Waals surface area contributed by atoms with Crippen molar-refractivity contribution in [2.45, 2.75) is 31.2 Å². The number of sulfonamides is 1. The summed E-state index contributed by atoms with van der Waals surface area (Å²) in [7, 11) is -2.14. The Hall–Kier alpha value is -0.820. The van der Waals surface area contributed by atoms with Crippen molar-refractivity contribution in [3.8, 4) is 5.75 Å². The molecule has 1 aromatic rings. The molecular weight excluding hydrogens is 300 g/mol. The Morgan fingerprint density at radius 1 is 1.40 bits per heavy atom.